The maximum Gasteiger partial charge on any atom is 0.254 e. The number of aryl methyl sites for hydroxylation is 2. The molecular weight excluding hydrogens is 446 g/mol. The topological polar surface area (TPSA) is 103 Å². The number of ether oxygens (including phenoxy) is 1. The van der Waals surface area contributed by atoms with Crippen LogP contribution in [0.5, 0.6) is 0 Å². The van der Waals surface area contributed by atoms with Gasteiger partial charge >= 0.3 is 0 Å². The molecule has 2 atom stereocenters. The Bertz CT molecular complexity index is 1210. The van der Waals surface area contributed by atoms with E-state index in [9.17, 15) is 4.79 Å². The minimum atomic E-state index is -0.226. The zero-order valence-electron chi connectivity index (χ0n) is 19.7. The van der Waals surface area contributed by atoms with Crippen molar-refractivity contribution in [1.29, 1.82) is 10.8 Å². The van der Waals surface area contributed by atoms with E-state index in [1.54, 1.807) is 30.4 Å². The minimum Gasteiger partial charge on any atom is -0.423 e. The van der Waals surface area contributed by atoms with Gasteiger partial charge in [-0.1, -0.05) is 37.3 Å². The number of hydrogen-bond acceptors (Lipinski definition) is 7. The lowest BCUT2D eigenvalue weighted by molar-refractivity contribution is 0.0735. The third-order valence-corrected chi connectivity index (χ3v) is 6.98. The third-order valence-electron chi connectivity index (χ3n) is 5.91. The van der Waals surface area contributed by atoms with Gasteiger partial charge in [-0.05, 0) is 50.8 Å². The fraction of sp³-hybridized carbons (Fsp3) is 0.346. The second kappa shape index (κ2) is 10.3. The lowest BCUT2D eigenvalue weighted by Gasteiger charge is -2.23. The fourth-order valence-corrected chi connectivity index (χ4v) is 5.13. The van der Waals surface area contributed by atoms with Gasteiger partial charge in [0.2, 0.25) is 5.90 Å². The lowest BCUT2D eigenvalue weighted by Crippen LogP contribution is -2.31. The number of nitrogens with one attached hydrogen (secondary N) is 2. The number of nitrogens with zero attached hydrogens (tertiary/aromatic N) is 3. The van der Waals surface area contributed by atoms with Crippen molar-refractivity contribution in [2.24, 2.45) is 5.92 Å². The summed E-state index contributed by atoms with van der Waals surface area (Å²) in [6.07, 6.45) is 2.47. The molecule has 1 saturated heterocycles. The smallest absolute Gasteiger partial charge is 0.254 e. The molecule has 2 aromatic heterocycles. The summed E-state index contributed by atoms with van der Waals surface area (Å²) in [7, 11) is 0. The Morgan fingerprint density at radius 2 is 1.94 bits per heavy atom. The molecule has 0 radical (unpaired) electrons. The van der Waals surface area contributed by atoms with Crippen molar-refractivity contribution in [1.82, 2.24) is 14.9 Å². The van der Waals surface area contributed by atoms with Crippen LogP contribution >= 0.6 is 11.3 Å². The van der Waals surface area contributed by atoms with E-state index in [1.165, 1.54) is 0 Å². The number of pyridine rings is 1. The highest BCUT2D eigenvalue weighted by atomic mass is 32.1. The van der Waals surface area contributed by atoms with E-state index in [2.05, 4.69) is 9.97 Å². The molecule has 34 heavy (non-hydrogen) atoms. The zero-order chi connectivity index (χ0) is 24.2. The summed E-state index contributed by atoms with van der Waals surface area (Å²) >= 11 is 1.59. The van der Waals surface area contributed by atoms with Crippen LogP contribution in [0.15, 0.2) is 47.8 Å². The molecule has 1 amide bonds. The first-order chi connectivity index (χ1) is 16.3. The average Bonchev–Trinajstić information content (AvgIpc) is 3.47. The Labute approximate surface area is 203 Å². The van der Waals surface area contributed by atoms with Gasteiger partial charge < -0.3 is 9.64 Å². The molecule has 1 aliphatic heterocycles. The molecule has 1 aromatic carbocycles. The Hall–Kier alpha value is -3.39. The number of likely N-dealkylation sites (tertiary alicyclic amines) is 1. The van der Waals surface area contributed by atoms with Gasteiger partial charge in [0.25, 0.3) is 5.91 Å². The Kier molecular flexibility index (Phi) is 7.17. The SMILES string of the molecule is Cc1cc(C(=O)N2CCCC2c2nc(C)cs2)cc(C(=N)OC(=N)C(C)Cc2ccccc2)n1. The van der Waals surface area contributed by atoms with Gasteiger partial charge in [0.15, 0.2) is 5.90 Å². The number of aromatic nitrogens is 2. The number of amides is 1. The number of rotatable bonds is 6. The molecule has 2 N–H and O–H groups in total. The highest BCUT2D eigenvalue weighted by molar-refractivity contribution is 7.09. The van der Waals surface area contributed by atoms with Gasteiger partial charge in [-0.15, -0.1) is 11.3 Å². The van der Waals surface area contributed by atoms with Gasteiger partial charge in [-0.2, -0.15) is 0 Å². The van der Waals surface area contributed by atoms with Gasteiger partial charge in [0, 0.05) is 34.8 Å². The molecule has 3 heterocycles. The van der Waals surface area contributed by atoms with Crippen LogP contribution in [0.2, 0.25) is 0 Å². The van der Waals surface area contributed by atoms with Crippen molar-refractivity contribution in [3.8, 4) is 0 Å². The Morgan fingerprint density at radius 1 is 1.18 bits per heavy atom. The fourth-order valence-electron chi connectivity index (χ4n) is 4.19. The monoisotopic (exact) mass is 475 g/mol. The number of carbonyl (C=O) groups excluding carboxylic acids is 1. The van der Waals surface area contributed by atoms with Crippen molar-refractivity contribution in [3.05, 3.63) is 81.1 Å². The van der Waals surface area contributed by atoms with Crippen molar-refractivity contribution in [3.63, 3.8) is 0 Å². The van der Waals surface area contributed by atoms with Gasteiger partial charge in [-0.25, -0.2) is 9.97 Å². The van der Waals surface area contributed by atoms with Crippen molar-refractivity contribution in [2.75, 3.05) is 6.54 Å². The minimum absolute atomic E-state index is 0.00350. The van der Waals surface area contributed by atoms with E-state index >= 15 is 0 Å². The van der Waals surface area contributed by atoms with E-state index in [0.717, 1.165) is 29.1 Å². The van der Waals surface area contributed by atoms with Crippen LogP contribution in [0.1, 0.15) is 63.8 Å². The second-order valence-electron chi connectivity index (χ2n) is 8.75. The summed E-state index contributed by atoms with van der Waals surface area (Å²) in [5.41, 5.74) is 3.42. The normalized spacial score (nSPS) is 16.3. The number of benzene rings is 1. The van der Waals surface area contributed by atoms with E-state index in [-0.39, 0.29) is 35.4 Å². The Balaban J connectivity index is 1.47. The van der Waals surface area contributed by atoms with E-state index in [0.29, 0.717) is 24.2 Å². The van der Waals surface area contributed by atoms with Crippen LogP contribution in [-0.4, -0.2) is 39.1 Å². The van der Waals surface area contributed by atoms with E-state index in [4.69, 9.17) is 15.6 Å². The summed E-state index contributed by atoms with van der Waals surface area (Å²) in [6, 6.07) is 13.2. The number of carbonyl (C=O) groups is 1. The predicted octanol–water partition coefficient (Wildman–Crippen LogP) is 5.33. The number of hydrogen-bond donors (Lipinski definition) is 2. The predicted molar refractivity (Wildman–Crippen MR) is 134 cm³/mol. The summed E-state index contributed by atoms with van der Waals surface area (Å²) in [5.74, 6) is -0.511. The van der Waals surface area contributed by atoms with Crippen molar-refractivity contribution < 1.29 is 9.53 Å². The molecule has 7 nitrogen and oxygen atoms in total. The van der Waals surface area contributed by atoms with Crippen LogP contribution < -0.4 is 0 Å². The molecule has 0 aliphatic carbocycles. The summed E-state index contributed by atoms with van der Waals surface area (Å²) < 4.78 is 5.55. The summed E-state index contributed by atoms with van der Waals surface area (Å²) in [5, 5.41) is 19.7. The van der Waals surface area contributed by atoms with Gasteiger partial charge in [-0.3, -0.25) is 15.6 Å². The van der Waals surface area contributed by atoms with Crippen molar-refractivity contribution in [2.45, 2.75) is 46.1 Å². The molecule has 0 spiro atoms. The average molecular weight is 476 g/mol. The highest BCUT2D eigenvalue weighted by Gasteiger charge is 2.33. The first kappa shape index (κ1) is 23.8. The Morgan fingerprint density at radius 3 is 2.65 bits per heavy atom. The van der Waals surface area contributed by atoms with Crippen LogP contribution in [0.25, 0.3) is 0 Å². The van der Waals surface area contributed by atoms with Crippen LogP contribution in [0, 0.1) is 30.6 Å². The standard InChI is InChI=1S/C26H29N5O2S/c1-16(12-19-8-5-4-6-9-19)23(27)33-24(28)21-14-20(13-17(2)29-21)26(32)31-11-7-10-22(31)25-30-18(3)15-34-25/h4-6,8-9,13-16,22,27-28H,7,10-12H2,1-3H3. The third kappa shape index (κ3) is 5.39. The number of thiazole rings is 1. The molecule has 0 bridgehead atoms. The maximum absolute atomic E-state index is 13.4. The molecule has 0 saturated carbocycles. The molecule has 1 aliphatic rings. The molecule has 176 valence electrons. The first-order valence-electron chi connectivity index (χ1n) is 11.4. The van der Waals surface area contributed by atoms with Crippen molar-refractivity contribution >= 4 is 29.0 Å². The van der Waals surface area contributed by atoms with Gasteiger partial charge in [0.1, 0.15) is 10.7 Å². The van der Waals surface area contributed by atoms with Crippen LogP contribution in [-0.2, 0) is 11.2 Å². The van der Waals surface area contributed by atoms with E-state index in [1.807, 2.05) is 54.5 Å². The molecule has 4 rings (SSSR count). The molecule has 8 heteroatoms. The largest absolute Gasteiger partial charge is 0.423 e. The molecular formula is C26H29N5O2S. The first-order valence-corrected chi connectivity index (χ1v) is 12.3. The van der Waals surface area contributed by atoms with Crippen LogP contribution in [0.4, 0.5) is 0 Å². The molecule has 2 unspecified atom stereocenters. The molecule has 1 fully saturated rings. The molecule has 3 aromatic rings. The second-order valence-corrected chi connectivity index (χ2v) is 9.64. The quantitative estimate of drug-likeness (QED) is 0.371. The zero-order valence-corrected chi connectivity index (χ0v) is 20.5. The van der Waals surface area contributed by atoms with Gasteiger partial charge in [0.05, 0.1) is 6.04 Å². The summed E-state index contributed by atoms with van der Waals surface area (Å²) in [6.45, 7) is 6.33. The summed E-state index contributed by atoms with van der Waals surface area (Å²) in [4.78, 5) is 24.3. The van der Waals surface area contributed by atoms with Crippen LogP contribution in [0.3, 0.4) is 0 Å². The van der Waals surface area contributed by atoms with E-state index < -0.39 is 0 Å². The highest BCUT2D eigenvalue weighted by Crippen LogP contribution is 2.34. The lowest BCUT2D eigenvalue weighted by atomic mass is 10.0. The maximum atomic E-state index is 13.4.